The van der Waals surface area contributed by atoms with Crippen LogP contribution < -0.4 is 0 Å². The van der Waals surface area contributed by atoms with Gasteiger partial charge < -0.3 is 5.11 Å². The second-order valence-corrected chi connectivity index (χ2v) is 6.05. The van der Waals surface area contributed by atoms with Crippen molar-refractivity contribution in [2.24, 2.45) is 0 Å². The lowest BCUT2D eigenvalue weighted by molar-refractivity contribution is -0.00627. The number of hydrogen-bond acceptors (Lipinski definition) is 2. The van der Waals surface area contributed by atoms with Gasteiger partial charge in [0, 0.05) is 5.54 Å². The first kappa shape index (κ1) is 16.2. The first-order valence-corrected chi connectivity index (χ1v) is 7.37. The van der Waals surface area contributed by atoms with E-state index in [-0.39, 0.29) is 5.54 Å². The molecule has 2 nitrogen and oxygen atoms in total. The Hall–Kier alpha value is -0.860. The molecule has 1 N–H and O–H groups in total. The average molecular weight is 263 g/mol. The van der Waals surface area contributed by atoms with Crippen LogP contribution in [0.2, 0.25) is 0 Å². The molecule has 0 bridgehead atoms. The highest BCUT2D eigenvalue weighted by Crippen LogP contribution is 2.31. The molecule has 0 aliphatic carbocycles. The molecule has 108 valence electrons. The van der Waals surface area contributed by atoms with Crippen molar-refractivity contribution in [2.45, 2.75) is 59.1 Å². The molecule has 0 radical (unpaired) electrons. The Kier molecular flexibility index (Phi) is 5.57. The zero-order valence-electron chi connectivity index (χ0n) is 13.3. The van der Waals surface area contributed by atoms with Crippen molar-refractivity contribution in [1.29, 1.82) is 0 Å². The molecule has 1 unspecified atom stereocenters. The van der Waals surface area contributed by atoms with Crippen LogP contribution in [0.4, 0.5) is 0 Å². The van der Waals surface area contributed by atoms with E-state index in [1.54, 1.807) is 0 Å². The normalized spacial score (nSPS) is 14.2. The van der Waals surface area contributed by atoms with Crippen molar-refractivity contribution in [3.63, 3.8) is 0 Å². The molecular weight excluding hydrogens is 234 g/mol. The van der Waals surface area contributed by atoms with Gasteiger partial charge in [0.2, 0.25) is 0 Å². The van der Waals surface area contributed by atoms with E-state index in [1.807, 2.05) is 0 Å². The third kappa shape index (κ3) is 3.58. The standard InChI is InChI=1S/C17H29NO/c1-7-18(8-2)17(5,6)16(19)15-11-9-14(10-12-15)13(3)4/h9-13,16,19H,7-8H2,1-6H3. The Labute approximate surface area is 118 Å². The molecule has 1 rings (SSSR count). The molecule has 1 atom stereocenters. The van der Waals surface area contributed by atoms with Crippen LogP contribution in [0, 0.1) is 0 Å². The zero-order valence-corrected chi connectivity index (χ0v) is 13.3. The van der Waals surface area contributed by atoms with E-state index in [2.05, 4.69) is 70.7 Å². The number of aliphatic hydroxyl groups excluding tert-OH is 1. The summed E-state index contributed by atoms with van der Waals surface area (Å²) in [6.45, 7) is 14.8. The monoisotopic (exact) mass is 263 g/mol. The van der Waals surface area contributed by atoms with Gasteiger partial charge in [-0.05, 0) is 44.0 Å². The maximum absolute atomic E-state index is 10.7. The maximum atomic E-state index is 10.7. The molecule has 0 saturated heterocycles. The summed E-state index contributed by atoms with van der Waals surface area (Å²) in [5, 5.41) is 10.7. The van der Waals surface area contributed by atoms with E-state index in [1.165, 1.54) is 5.56 Å². The smallest absolute Gasteiger partial charge is 0.0968 e. The van der Waals surface area contributed by atoms with Gasteiger partial charge in [-0.25, -0.2) is 0 Å². The molecule has 0 amide bonds. The summed E-state index contributed by atoms with van der Waals surface area (Å²) in [6.07, 6.45) is -0.464. The Balaban J connectivity index is 2.95. The van der Waals surface area contributed by atoms with Crippen LogP contribution in [-0.2, 0) is 0 Å². The molecule has 0 aliphatic rings. The largest absolute Gasteiger partial charge is 0.386 e. The molecule has 1 aromatic carbocycles. The fourth-order valence-electron chi connectivity index (χ4n) is 2.68. The van der Waals surface area contributed by atoms with Crippen LogP contribution in [0.25, 0.3) is 0 Å². The molecule has 2 heteroatoms. The molecule has 0 saturated carbocycles. The van der Waals surface area contributed by atoms with Crippen LogP contribution in [-0.4, -0.2) is 28.6 Å². The van der Waals surface area contributed by atoms with Crippen molar-refractivity contribution in [3.05, 3.63) is 35.4 Å². The highest BCUT2D eigenvalue weighted by molar-refractivity contribution is 5.27. The topological polar surface area (TPSA) is 23.5 Å². The Morgan fingerprint density at radius 3 is 1.79 bits per heavy atom. The third-order valence-electron chi connectivity index (χ3n) is 4.17. The maximum Gasteiger partial charge on any atom is 0.0968 e. The number of benzene rings is 1. The summed E-state index contributed by atoms with van der Waals surface area (Å²) < 4.78 is 0. The van der Waals surface area contributed by atoms with Gasteiger partial charge in [-0.1, -0.05) is 52.0 Å². The second-order valence-electron chi connectivity index (χ2n) is 6.05. The Morgan fingerprint density at radius 2 is 1.42 bits per heavy atom. The summed E-state index contributed by atoms with van der Waals surface area (Å²) in [5.74, 6) is 0.530. The van der Waals surface area contributed by atoms with E-state index >= 15 is 0 Å². The van der Waals surface area contributed by atoms with Crippen LogP contribution in [0.5, 0.6) is 0 Å². The molecule has 0 fully saturated rings. The van der Waals surface area contributed by atoms with Crippen molar-refractivity contribution in [2.75, 3.05) is 13.1 Å². The average Bonchev–Trinajstić information content (AvgIpc) is 2.39. The minimum absolute atomic E-state index is 0.247. The minimum Gasteiger partial charge on any atom is -0.386 e. The summed E-state index contributed by atoms with van der Waals surface area (Å²) >= 11 is 0. The summed E-state index contributed by atoms with van der Waals surface area (Å²) in [5.41, 5.74) is 2.07. The first-order valence-electron chi connectivity index (χ1n) is 7.37. The Bertz CT molecular complexity index is 377. The van der Waals surface area contributed by atoms with Gasteiger partial charge in [-0.2, -0.15) is 0 Å². The van der Waals surface area contributed by atoms with Crippen LogP contribution in [0.1, 0.15) is 64.7 Å². The van der Waals surface area contributed by atoms with E-state index in [0.29, 0.717) is 5.92 Å². The zero-order chi connectivity index (χ0) is 14.6. The van der Waals surface area contributed by atoms with Crippen LogP contribution in [0.15, 0.2) is 24.3 Å². The molecule has 0 aromatic heterocycles. The van der Waals surface area contributed by atoms with Crippen molar-refractivity contribution < 1.29 is 5.11 Å². The van der Waals surface area contributed by atoms with Gasteiger partial charge >= 0.3 is 0 Å². The molecule has 0 spiro atoms. The van der Waals surface area contributed by atoms with Gasteiger partial charge in [0.15, 0.2) is 0 Å². The molecule has 0 heterocycles. The van der Waals surface area contributed by atoms with E-state index < -0.39 is 6.10 Å². The number of nitrogens with zero attached hydrogens (tertiary/aromatic N) is 1. The second kappa shape index (κ2) is 6.53. The van der Waals surface area contributed by atoms with Crippen molar-refractivity contribution in [3.8, 4) is 0 Å². The predicted molar refractivity (Wildman–Crippen MR) is 82.5 cm³/mol. The third-order valence-corrected chi connectivity index (χ3v) is 4.17. The molecule has 19 heavy (non-hydrogen) atoms. The highest BCUT2D eigenvalue weighted by Gasteiger charge is 2.33. The lowest BCUT2D eigenvalue weighted by Gasteiger charge is -2.41. The first-order chi connectivity index (χ1) is 8.84. The number of likely N-dealkylation sites (N-methyl/N-ethyl adjacent to an activating group) is 1. The quantitative estimate of drug-likeness (QED) is 0.839. The summed E-state index contributed by atoms with van der Waals surface area (Å²) in [6, 6.07) is 8.37. The predicted octanol–water partition coefficient (Wildman–Crippen LogP) is 3.96. The van der Waals surface area contributed by atoms with E-state index in [9.17, 15) is 5.11 Å². The highest BCUT2D eigenvalue weighted by atomic mass is 16.3. The summed E-state index contributed by atoms with van der Waals surface area (Å²) in [4.78, 5) is 2.30. The SMILES string of the molecule is CCN(CC)C(C)(C)C(O)c1ccc(C(C)C)cc1. The number of hydrogen-bond donors (Lipinski definition) is 1. The van der Waals surface area contributed by atoms with E-state index in [0.717, 1.165) is 18.7 Å². The lowest BCUT2D eigenvalue weighted by atomic mass is 9.88. The number of aliphatic hydroxyl groups is 1. The number of rotatable bonds is 6. The summed E-state index contributed by atoms with van der Waals surface area (Å²) in [7, 11) is 0. The van der Waals surface area contributed by atoms with Gasteiger partial charge in [-0.3, -0.25) is 4.90 Å². The van der Waals surface area contributed by atoms with Crippen molar-refractivity contribution >= 4 is 0 Å². The van der Waals surface area contributed by atoms with Crippen LogP contribution >= 0.6 is 0 Å². The van der Waals surface area contributed by atoms with Crippen LogP contribution in [0.3, 0.4) is 0 Å². The lowest BCUT2D eigenvalue weighted by Crippen LogP contribution is -2.48. The fourth-order valence-corrected chi connectivity index (χ4v) is 2.68. The van der Waals surface area contributed by atoms with Gasteiger partial charge in [-0.15, -0.1) is 0 Å². The van der Waals surface area contributed by atoms with Gasteiger partial charge in [0.25, 0.3) is 0 Å². The van der Waals surface area contributed by atoms with Crippen molar-refractivity contribution in [1.82, 2.24) is 4.90 Å². The van der Waals surface area contributed by atoms with Gasteiger partial charge in [0.1, 0.15) is 0 Å². The molecule has 1 aromatic rings. The van der Waals surface area contributed by atoms with Gasteiger partial charge in [0.05, 0.1) is 6.10 Å². The van der Waals surface area contributed by atoms with E-state index in [4.69, 9.17) is 0 Å². The Morgan fingerprint density at radius 1 is 1.00 bits per heavy atom. The fraction of sp³-hybridized carbons (Fsp3) is 0.647. The molecular formula is C17H29NO. The minimum atomic E-state index is -0.464. The molecule has 0 aliphatic heterocycles.